The lowest BCUT2D eigenvalue weighted by Gasteiger charge is -2.16. The predicted molar refractivity (Wildman–Crippen MR) is 61.4 cm³/mol. The van der Waals surface area contributed by atoms with Gasteiger partial charge in [-0.15, -0.1) is 0 Å². The fraction of sp³-hybridized carbons (Fsp3) is 0.417. The van der Waals surface area contributed by atoms with Gasteiger partial charge in [-0.3, -0.25) is 4.79 Å². The van der Waals surface area contributed by atoms with E-state index in [1.807, 2.05) is 0 Å². The first-order valence-corrected chi connectivity index (χ1v) is 5.32. The van der Waals surface area contributed by atoms with E-state index in [2.05, 4.69) is 0 Å². The summed E-state index contributed by atoms with van der Waals surface area (Å²) in [6.45, 7) is 1.24. The minimum atomic E-state index is -0.285. The van der Waals surface area contributed by atoms with E-state index in [9.17, 15) is 9.18 Å². The summed E-state index contributed by atoms with van der Waals surface area (Å²) in [6.07, 6.45) is 1.10. The van der Waals surface area contributed by atoms with Crippen LogP contribution in [-0.4, -0.2) is 30.9 Å². The van der Waals surface area contributed by atoms with Crippen LogP contribution in [0.15, 0.2) is 24.3 Å². The van der Waals surface area contributed by atoms with Crippen molar-refractivity contribution in [2.24, 2.45) is 5.73 Å². The molecular weight excluding hydrogens is 207 g/mol. The van der Waals surface area contributed by atoms with Crippen LogP contribution in [-0.2, 0) is 11.2 Å². The predicted octanol–water partition coefficient (Wildman–Crippen LogP) is 1.18. The lowest BCUT2D eigenvalue weighted by molar-refractivity contribution is -0.129. The molecule has 1 aromatic rings. The zero-order chi connectivity index (χ0) is 12.0. The van der Waals surface area contributed by atoms with Gasteiger partial charge in [-0.05, 0) is 30.7 Å². The quantitative estimate of drug-likeness (QED) is 0.816. The zero-order valence-electron chi connectivity index (χ0n) is 9.45. The van der Waals surface area contributed by atoms with Gasteiger partial charge in [-0.2, -0.15) is 0 Å². The number of nitrogens with two attached hydrogens (primary N) is 1. The van der Waals surface area contributed by atoms with Crippen molar-refractivity contribution in [2.75, 3.05) is 20.1 Å². The summed E-state index contributed by atoms with van der Waals surface area (Å²) in [5.74, 6) is -0.257. The second kappa shape index (κ2) is 6.23. The molecule has 0 unspecified atom stereocenters. The van der Waals surface area contributed by atoms with Crippen molar-refractivity contribution in [3.8, 4) is 0 Å². The van der Waals surface area contributed by atoms with E-state index in [1.165, 1.54) is 12.1 Å². The highest BCUT2D eigenvalue weighted by atomic mass is 19.1. The highest BCUT2D eigenvalue weighted by Gasteiger charge is 2.08. The number of benzene rings is 1. The van der Waals surface area contributed by atoms with Gasteiger partial charge in [0.2, 0.25) is 5.91 Å². The number of halogens is 1. The Morgan fingerprint density at radius 1 is 1.38 bits per heavy atom. The Morgan fingerprint density at radius 2 is 2.00 bits per heavy atom. The Bertz CT molecular complexity index is 337. The molecule has 0 radical (unpaired) electrons. The number of carbonyl (C=O) groups is 1. The van der Waals surface area contributed by atoms with Crippen LogP contribution >= 0.6 is 0 Å². The molecule has 16 heavy (non-hydrogen) atoms. The van der Waals surface area contributed by atoms with E-state index >= 15 is 0 Å². The minimum Gasteiger partial charge on any atom is -0.345 e. The van der Waals surface area contributed by atoms with Crippen LogP contribution in [0.2, 0.25) is 0 Å². The first-order chi connectivity index (χ1) is 7.63. The number of likely N-dealkylation sites (N-methyl/N-ethyl adjacent to an activating group) is 1. The van der Waals surface area contributed by atoms with Crippen molar-refractivity contribution >= 4 is 5.91 Å². The first kappa shape index (κ1) is 12.6. The summed E-state index contributed by atoms with van der Waals surface area (Å²) in [5, 5.41) is 0. The number of hydrogen-bond acceptors (Lipinski definition) is 2. The van der Waals surface area contributed by atoms with Crippen LogP contribution in [0.25, 0.3) is 0 Å². The van der Waals surface area contributed by atoms with Crippen LogP contribution in [0.1, 0.15) is 12.0 Å². The van der Waals surface area contributed by atoms with Gasteiger partial charge in [0.1, 0.15) is 5.82 Å². The Hall–Kier alpha value is -1.42. The van der Waals surface area contributed by atoms with Crippen molar-refractivity contribution < 1.29 is 9.18 Å². The largest absolute Gasteiger partial charge is 0.345 e. The average Bonchev–Trinajstić information content (AvgIpc) is 2.29. The van der Waals surface area contributed by atoms with Crippen molar-refractivity contribution in [3.63, 3.8) is 0 Å². The van der Waals surface area contributed by atoms with E-state index in [0.717, 1.165) is 12.0 Å². The Balaban J connectivity index is 2.47. The van der Waals surface area contributed by atoms with Gasteiger partial charge in [0, 0.05) is 13.6 Å². The Kier molecular flexibility index (Phi) is 4.92. The first-order valence-electron chi connectivity index (χ1n) is 5.32. The third kappa shape index (κ3) is 3.98. The molecule has 4 heteroatoms. The molecule has 0 spiro atoms. The summed E-state index contributed by atoms with van der Waals surface area (Å²) in [6, 6.07) is 5.99. The molecule has 1 rings (SSSR count). The van der Waals surface area contributed by atoms with Crippen LogP contribution in [0.3, 0.4) is 0 Å². The highest BCUT2D eigenvalue weighted by molar-refractivity contribution is 5.78. The molecular formula is C12H17FN2O. The summed E-state index contributed by atoms with van der Waals surface area (Å²) < 4.78 is 12.6. The molecule has 0 saturated carbocycles. The molecule has 0 bridgehead atoms. The summed E-state index contributed by atoms with van der Waals surface area (Å²) >= 11 is 0. The molecule has 2 N–H and O–H groups in total. The monoisotopic (exact) mass is 224 g/mol. The van der Waals surface area contributed by atoms with E-state index in [-0.39, 0.29) is 11.7 Å². The number of amides is 1. The molecule has 0 aromatic heterocycles. The van der Waals surface area contributed by atoms with Gasteiger partial charge >= 0.3 is 0 Å². The maximum atomic E-state index is 12.6. The van der Waals surface area contributed by atoms with Gasteiger partial charge in [0.15, 0.2) is 0 Å². The van der Waals surface area contributed by atoms with Crippen molar-refractivity contribution in [3.05, 3.63) is 35.6 Å². The molecule has 0 aliphatic heterocycles. The van der Waals surface area contributed by atoms with Gasteiger partial charge in [-0.25, -0.2) is 4.39 Å². The zero-order valence-corrected chi connectivity index (χ0v) is 9.45. The SMILES string of the molecule is CN(CCCN)C(=O)Cc1ccc(F)cc1. The van der Waals surface area contributed by atoms with E-state index in [4.69, 9.17) is 5.73 Å². The molecule has 0 fully saturated rings. The number of nitrogens with zero attached hydrogens (tertiary/aromatic N) is 1. The van der Waals surface area contributed by atoms with Gasteiger partial charge in [-0.1, -0.05) is 12.1 Å². The van der Waals surface area contributed by atoms with Gasteiger partial charge in [0.25, 0.3) is 0 Å². The van der Waals surface area contributed by atoms with Crippen molar-refractivity contribution in [1.29, 1.82) is 0 Å². The second-order valence-electron chi connectivity index (χ2n) is 3.76. The maximum Gasteiger partial charge on any atom is 0.226 e. The molecule has 1 amide bonds. The fourth-order valence-corrected chi connectivity index (χ4v) is 1.36. The molecule has 0 atom stereocenters. The lowest BCUT2D eigenvalue weighted by atomic mass is 10.1. The molecule has 0 heterocycles. The Labute approximate surface area is 95.0 Å². The summed E-state index contributed by atoms with van der Waals surface area (Å²) in [4.78, 5) is 13.3. The van der Waals surface area contributed by atoms with Crippen LogP contribution < -0.4 is 5.73 Å². The molecule has 0 aliphatic carbocycles. The topological polar surface area (TPSA) is 46.3 Å². The van der Waals surface area contributed by atoms with Gasteiger partial charge < -0.3 is 10.6 Å². The number of rotatable bonds is 5. The van der Waals surface area contributed by atoms with Crippen LogP contribution in [0.5, 0.6) is 0 Å². The number of carbonyl (C=O) groups excluding carboxylic acids is 1. The second-order valence-corrected chi connectivity index (χ2v) is 3.76. The molecule has 88 valence electrons. The third-order valence-corrected chi connectivity index (χ3v) is 2.39. The van der Waals surface area contributed by atoms with E-state index in [1.54, 1.807) is 24.1 Å². The molecule has 1 aromatic carbocycles. The fourth-order valence-electron chi connectivity index (χ4n) is 1.36. The maximum absolute atomic E-state index is 12.6. The van der Waals surface area contributed by atoms with Crippen LogP contribution in [0.4, 0.5) is 4.39 Å². The average molecular weight is 224 g/mol. The molecule has 3 nitrogen and oxygen atoms in total. The summed E-state index contributed by atoms with van der Waals surface area (Å²) in [5.41, 5.74) is 6.19. The van der Waals surface area contributed by atoms with Crippen molar-refractivity contribution in [2.45, 2.75) is 12.8 Å². The molecule has 0 aliphatic rings. The van der Waals surface area contributed by atoms with Crippen LogP contribution in [0, 0.1) is 5.82 Å². The lowest BCUT2D eigenvalue weighted by Crippen LogP contribution is -2.30. The minimum absolute atomic E-state index is 0.0278. The normalized spacial score (nSPS) is 10.2. The third-order valence-electron chi connectivity index (χ3n) is 2.39. The van der Waals surface area contributed by atoms with Gasteiger partial charge in [0.05, 0.1) is 6.42 Å². The standard InChI is InChI=1S/C12H17FN2O/c1-15(8-2-7-14)12(16)9-10-3-5-11(13)6-4-10/h3-6H,2,7-9,14H2,1H3. The highest BCUT2D eigenvalue weighted by Crippen LogP contribution is 2.05. The molecule has 0 saturated heterocycles. The smallest absolute Gasteiger partial charge is 0.226 e. The number of hydrogen-bond donors (Lipinski definition) is 1. The Morgan fingerprint density at radius 3 is 2.56 bits per heavy atom. The van der Waals surface area contributed by atoms with E-state index < -0.39 is 0 Å². The summed E-state index contributed by atoms with van der Waals surface area (Å²) in [7, 11) is 1.75. The van der Waals surface area contributed by atoms with Crippen molar-refractivity contribution in [1.82, 2.24) is 4.90 Å². The van der Waals surface area contributed by atoms with E-state index in [0.29, 0.717) is 19.5 Å².